The van der Waals surface area contributed by atoms with Crippen LogP contribution < -0.4 is 5.32 Å². The number of nitrogens with zero attached hydrogens (tertiary/aromatic N) is 2. The molecule has 0 aromatic carbocycles. The van der Waals surface area contributed by atoms with Crippen LogP contribution in [0.5, 0.6) is 0 Å². The first kappa shape index (κ1) is 13.7. The lowest BCUT2D eigenvalue weighted by Gasteiger charge is -2.10. The van der Waals surface area contributed by atoms with Gasteiger partial charge in [0, 0.05) is 6.20 Å². The summed E-state index contributed by atoms with van der Waals surface area (Å²) in [6.07, 6.45) is 2.27. The summed E-state index contributed by atoms with van der Waals surface area (Å²) in [5.74, 6) is -1.12. The van der Waals surface area contributed by atoms with Crippen LogP contribution in [0.4, 0.5) is 10.1 Å². The lowest BCUT2D eigenvalue weighted by atomic mass is 10.2. The van der Waals surface area contributed by atoms with E-state index in [1.807, 2.05) is 0 Å². The first-order valence-corrected chi connectivity index (χ1v) is 5.97. The molecule has 0 spiro atoms. The molecule has 0 saturated heterocycles. The molecule has 0 radical (unpaired) electrons. The molecular formula is C12H8Cl2FN3O. The standard InChI is InChI=1S/C12H8Cl2FN3O/c1-6-2-9(13)17-11(14)10(6)18-12(19)7-3-8(15)5-16-4-7/h2-5H,1H3,(H,18,19). The molecule has 98 valence electrons. The number of halogens is 3. The second-order valence-corrected chi connectivity index (χ2v) is 4.52. The van der Waals surface area contributed by atoms with E-state index in [1.54, 1.807) is 13.0 Å². The molecule has 0 aliphatic heterocycles. The van der Waals surface area contributed by atoms with Gasteiger partial charge < -0.3 is 5.32 Å². The van der Waals surface area contributed by atoms with Gasteiger partial charge in [-0.3, -0.25) is 9.78 Å². The van der Waals surface area contributed by atoms with Crippen molar-refractivity contribution < 1.29 is 9.18 Å². The van der Waals surface area contributed by atoms with E-state index in [1.165, 1.54) is 6.20 Å². The second-order valence-electron chi connectivity index (χ2n) is 3.77. The van der Waals surface area contributed by atoms with Gasteiger partial charge in [0.05, 0.1) is 17.4 Å². The zero-order valence-electron chi connectivity index (χ0n) is 9.75. The van der Waals surface area contributed by atoms with Gasteiger partial charge in [-0.2, -0.15) is 0 Å². The van der Waals surface area contributed by atoms with Crippen LogP contribution >= 0.6 is 23.2 Å². The maximum absolute atomic E-state index is 13.0. The topological polar surface area (TPSA) is 54.9 Å². The lowest BCUT2D eigenvalue weighted by Crippen LogP contribution is -2.14. The number of nitrogens with one attached hydrogen (secondary N) is 1. The van der Waals surface area contributed by atoms with Gasteiger partial charge in [0.15, 0.2) is 5.15 Å². The average molecular weight is 300 g/mol. The number of pyridine rings is 2. The summed E-state index contributed by atoms with van der Waals surface area (Å²) < 4.78 is 13.0. The van der Waals surface area contributed by atoms with Crippen LogP contribution in [-0.2, 0) is 0 Å². The van der Waals surface area contributed by atoms with Gasteiger partial charge in [0.2, 0.25) is 0 Å². The molecule has 19 heavy (non-hydrogen) atoms. The van der Waals surface area contributed by atoms with Crippen LogP contribution in [-0.4, -0.2) is 15.9 Å². The van der Waals surface area contributed by atoms with Gasteiger partial charge in [-0.15, -0.1) is 0 Å². The Hall–Kier alpha value is -1.72. The molecule has 2 rings (SSSR count). The van der Waals surface area contributed by atoms with E-state index >= 15 is 0 Å². The van der Waals surface area contributed by atoms with Gasteiger partial charge in [-0.1, -0.05) is 23.2 Å². The molecule has 2 heterocycles. The van der Waals surface area contributed by atoms with Gasteiger partial charge in [0.25, 0.3) is 5.91 Å². The van der Waals surface area contributed by atoms with Gasteiger partial charge in [0.1, 0.15) is 11.0 Å². The van der Waals surface area contributed by atoms with Crippen molar-refractivity contribution in [3.63, 3.8) is 0 Å². The smallest absolute Gasteiger partial charge is 0.257 e. The number of carbonyl (C=O) groups is 1. The Kier molecular flexibility index (Phi) is 3.97. The summed E-state index contributed by atoms with van der Waals surface area (Å²) in [6, 6.07) is 2.64. The molecule has 2 aromatic heterocycles. The average Bonchev–Trinajstić information content (AvgIpc) is 2.33. The minimum absolute atomic E-state index is 0.0720. The quantitative estimate of drug-likeness (QED) is 0.864. The zero-order valence-corrected chi connectivity index (χ0v) is 11.3. The number of aryl methyl sites for hydroxylation is 1. The van der Waals surface area contributed by atoms with Crippen molar-refractivity contribution in [3.05, 3.63) is 51.8 Å². The van der Waals surface area contributed by atoms with E-state index in [-0.39, 0.29) is 15.9 Å². The van der Waals surface area contributed by atoms with Crippen LogP contribution in [0.1, 0.15) is 15.9 Å². The molecule has 0 atom stereocenters. The van der Waals surface area contributed by atoms with Crippen molar-refractivity contribution in [2.75, 3.05) is 5.32 Å². The highest BCUT2D eigenvalue weighted by Crippen LogP contribution is 2.26. The van der Waals surface area contributed by atoms with Crippen LogP contribution in [0.3, 0.4) is 0 Å². The summed E-state index contributed by atoms with van der Waals surface area (Å²) in [4.78, 5) is 19.3. The van der Waals surface area contributed by atoms with E-state index < -0.39 is 11.7 Å². The maximum Gasteiger partial charge on any atom is 0.257 e. The highest BCUT2D eigenvalue weighted by molar-refractivity contribution is 6.35. The number of hydrogen-bond donors (Lipinski definition) is 1. The van der Waals surface area contributed by atoms with E-state index in [0.717, 1.165) is 12.3 Å². The SMILES string of the molecule is Cc1cc(Cl)nc(Cl)c1NC(=O)c1cncc(F)c1. The Morgan fingerprint density at radius 1 is 1.32 bits per heavy atom. The fourth-order valence-electron chi connectivity index (χ4n) is 1.47. The molecule has 0 aliphatic carbocycles. The minimum Gasteiger partial charge on any atom is -0.319 e. The summed E-state index contributed by atoms with van der Waals surface area (Å²) >= 11 is 11.6. The first-order chi connectivity index (χ1) is 8.97. The second kappa shape index (κ2) is 5.50. The number of carbonyl (C=O) groups excluding carboxylic acids is 1. The molecule has 7 heteroatoms. The van der Waals surface area contributed by atoms with E-state index in [9.17, 15) is 9.18 Å². The van der Waals surface area contributed by atoms with Crippen molar-refractivity contribution in [2.45, 2.75) is 6.92 Å². The van der Waals surface area contributed by atoms with E-state index in [4.69, 9.17) is 23.2 Å². The van der Waals surface area contributed by atoms with Crippen molar-refractivity contribution in [2.24, 2.45) is 0 Å². The molecule has 0 saturated carbocycles. The summed E-state index contributed by atoms with van der Waals surface area (Å²) in [6.45, 7) is 1.72. The van der Waals surface area contributed by atoms with Crippen LogP contribution in [0.15, 0.2) is 24.5 Å². The number of aromatic nitrogens is 2. The molecule has 0 unspecified atom stereocenters. The maximum atomic E-state index is 13.0. The zero-order chi connectivity index (χ0) is 14.0. The first-order valence-electron chi connectivity index (χ1n) is 5.22. The van der Waals surface area contributed by atoms with Gasteiger partial charge >= 0.3 is 0 Å². The monoisotopic (exact) mass is 299 g/mol. The Bertz CT molecular complexity index is 626. The normalized spacial score (nSPS) is 10.3. The van der Waals surface area contributed by atoms with Crippen molar-refractivity contribution in [1.29, 1.82) is 0 Å². The summed E-state index contributed by atoms with van der Waals surface area (Å²) in [5, 5.41) is 2.85. The van der Waals surface area contributed by atoms with E-state index in [2.05, 4.69) is 15.3 Å². The Balaban J connectivity index is 2.29. The molecule has 1 amide bonds. The Morgan fingerprint density at radius 2 is 2.05 bits per heavy atom. The predicted molar refractivity (Wildman–Crippen MR) is 71.1 cm³/mol. The molecule has 0 fully saturated rings. The third-order valence-electron chi connectivity index (χ3n) is 2.35. The fourth-order valence-corrected chi connectivity index (χ4v) is 2.05. The number of amides is 1. The number of anilines is 1. The van der Waals surface area contributed by atoms with Crippen LogP contribution in [0, 0.1) is 12.7 Å². The van der Waals surface area contributed by atoms with Gasteiger partial charge in [-0.05, 0) is 24.6 Å². The molecule has 2 aromatic rings. The van der Waals surface area contributed by atoms with Gasteiger partial charge in [-0.25, -0.2) is 9.37 Å². The van der Waals surface area contributed by atoms with Crippen molar-refractivity contribution >= 4 is 34.8 Å². The summed E-state index contributed by atoms with van der Waals surface area (Å²) in [5.41, 5.74) is 1.08. The lowest BCUT2D eigenvalue weighted by molar-refractivity contribution is 0.102. The summed E-state index contributed by atoms with van der Waals surface area (Å²) in [7, 11) is 0. The third kappa shape index (κ3) is 3.19. The largest absolute Gasteiger partial charge is 0.319 e. The molecular weight excluding hydrogens is 292 g/mol. The predicted octanol–water partition coefficient (Wildman–Crippen LogP) is 3.48. The van der Waals surface area contributed by atoms with Crippen LogP contribution in [0.25, 0.3) is 0 Å². The van der Waals surface area contributed by atoms with E-state index in [0.29, 0.717) is 11.3 Å². The molecule has 0 bridgehead atoms. The highest BCUT2D eigenvalue weighted by Gasteiger charge is 2.13. The fraction of sp³-hybridized carbons (Fsp3) is 0.0833. The number of rotatable bonds is 2. The highest BCUT2D eigenvalue weighted by atomic mass is 35.5. The minimum atomic E-state index is -0.593. The van der Waals surface area contributed by atoms with Crippen molar-refractivity contribution in [1.82, 2.24) is 9.97 Å². The molecule has 1 N–H and O–H groups in total. The number of hydrogen-bond acceptors (Lipinski definition) is 3. The molecule has 4 nitrogen and oxygen atoms in total. The third-order valence-corrected chi connectivity index (χ3v) is 2.81. The Labute approximate surface area is 118 Å². The molecule has 0 aliphatic rings. The van der Waals surface area contributed by atoms with Crippen molar-refractivity contribution in [3.8, 4) is 0 Å². The van der Waals surface area contributed by atoms with Crippen LogP contribution in [0.2, 0.25) is 10.3 Å². The Morgan fingerprint density at radius 3 is 2.68 bits per heavy atom.